The van der Waals surface area contributed by atoms with Gasteiger partial charge in [0, 0.05) is 16.8 Å². The van der Waals surface area contributed by atoms with Crippen molar-refractivity contribution in [3.8, 4) is 6.07 Å². The predicted octanol–water partition coefficient (Wildman–Crippen LogP) is 3.03. The second-order valence-corrected chi connectivity index (χ2v) is 10.2. The third-order valence-corrected chi connectivity index (χ3v) is 6.63. The monoisotopic (exact) mass is 469 g/mol. The largest absolute Gasteiger partial charge is 0.351 e. The van der Waals surface area contributed by atoms with Crippen LogP contribution in [0.4, 0.5) is 0 Å². The average molecular weight is 470 g/mol. The molecule has 1 aliphatic carbocycles. The summed E-state index contributed by atoms with van der Waals surface area (Å²) in [5.41, 5.74) is 0.653. The number of aromatic amines is 1. The molecule has 2 fully saturated rings. The minimum absolute atomic E-state index is 0.102. The number of rotatable bonds is 8. The molecule has 9 heteroatoms. The molecule has 2 aliphatic rings. The zero-order valence-corrected chi connectivity index (χ0v) is 19.5. The summed E-state index contributed by atoms with van der Waals surface area (Å²) in [4.78, 5) is 41.2. The van der Waals surface area contributed by atoms with Gasteiger partial charge in [0.1, 0.15) is 17.8 Å². The number of carbonyl (C=O) groups is 3. The maximum absolute atomic E-state index is 13.0. The lowest BCUT2D eigenvalue weighted by Crippen LogP contribution is -2.50. The molecule has 3 atom stereocenters. The maximum atomic E-state index is 13.0. The van der Waals surface area contributed by atoms with Crippen LogP contribution >= 0.6 is 11.6 Å². The van der Waals surface area contributed by atoms with Crippen LogP contribution in [0, 0.1) is 23.2 Å². The average Bonchev–Trinajstić information content (AvgIpc) is 3.38. The van der Waals surface area contributed by atoms with Crippen molar-refractivity contribution in [3.63, 3.8) is 0 Å². The number of fused-ring (bicyclic) bond motifs is 1. The molecule has 0 radical (unpaired) electrons. The number of H-pyrrole nitrogens is 1. The molecule has 1 aromatic heterocycles. The molecule has 1 saturated carbocycles. The number of hydrogen-bond donors (Lipinski definition) is 4. The van der Waals surface area contributed by atoms with Crippen LogP contribution in [0.1, 0.15) is 56.4 Å². The quantitative estimate of drug-likeness (QED) is 0.473. The number of para-hydroxylation sites is 1. The number of carbonyl (C=O) groups excluding carboxylic acids is 3. The smallest absolute Gasteiger partial charge is 0.268 e. The van der Waals surface area contributed by atoms with Gasteiger partial charge >= 0.3 is 0 Å². The van der Waals surface area contributed by atoms with Crippen molar-refractivity contribution in [2.45, 2.75) is 63.6 Å². The van der Waals surface area contributed by atoms with E-state index >= 15 is 0 Å². The van der Waals surface area contributed by atoms with Crippen molar-refractivity contribution < 1.29 is 14.4 Å². The molecule has 0 bridgehead atoms. The molecule has 3 amide bonds. The van der Waals surface area contributed by atoms with Gasteiger partial charge in [0.05, 0.1) is 16.6 Å². The fourth-order valence-corrected chi connectivity index (χ4v) is 4.71. The summed E-state index contributed by atoms with van der Waals surface area (Å²) < 4.78 is 0. The second kappa shape index (κ2) is 9.06. The van der Waals surface area contributed by atoms with Gasteiger partial charge in [0.25, 0.3) is 5.91 Å². The Morgan fingerprint density at radius 1 is 1.27 bits per heavy atom. The van der Waals surface area contributed by atoms with Crippen LogP contribution < -0.4 is 16.0 Å². The molecule has 4 N–H and O–H groups in total. The number of halogens is 1. The maximum Gasteiger partial charge on any atom is 0.268 e. The number of hydrogen-bond acceptors (Lipinski definition) is 4. The molecule has 1 saturated heterocycles. The Balaban J connectivity index is 1.43. The van der Waals surface area contributed by atoms with Crippen LogP contribution in [-0.2, 0) is 9.59 Å². The second-order valence-electron chi connectivity index (χ2n) is 9.79. The van der Waals surface area contributed by atoms with Crippen LogP contribution in [0.5, 0.6) is 0 Å². The Bertz CT molecular complexity index is 1130. The van der Waals surface area contributed by atoms with E-state index in [2.05, 4.69) is 27.0 Å². The third kappa shape index (κ3) is 5.48. The Morgan fingerprint density at radius 3 is 2.64 bits per heavy atom. The first-order chi connectivity index (χ1) is 15.6. The summed E-state index contributed by atoms with van der Waals surface area (Å²) in [6.45, 7) is 3.87. The fourth-order valence-electron chi connectivity index (χ4n) is 4.48. The summed E-state index contributed by atoms with van der Waals surface area (Å²) in [6, 6.07) is 7.60. The van der Waals surface area contributed by atoms with Crippen molar-refractivity contribution in [2.75, 3.05) is 0 Å². The van der Waals surface area contributed by atoms with E-state index in [1.54, 1.807) is 18.2 Å². The molecule has 33 heavy (non-hydrogen) atoms. The molecule has 174 valence electrons. The normalized spacial score (nSPS) is 21.2. The van der Waals surface area contributed by atoms with Crippen molar-refractivity contribution in [1.29, 1.82) is 5.26 Å². The lowest BCUT2D eigenvalue weighted by molar-refractivity contribution is -0.125. The third-order valence-electron chi connectivity index (χ3n) is 6.32. The van der Waals surface area contributed by atoms with E-state index < -0.39 is 23.9 Å². The van der Waals surface area contributed by atoms with Gasteiger partial charge in [-0.3, -0.25) is 14.4 Å². The van der Waals surface area contributed by atoms with E-state index in [4.69, 9.17) is 11.6 Å². The van der Waals surface area contributed by atoms with Gasteiger partial charge in [-0.2, -0.15) is 5.26 Å². The van der Waals surface area contributed by atoms with Crippen LogP contribution in [0.25, 0.3) is 10.9 Å². The molecule has 0 unspecified atom stereocenters. The Morgan fingerprint density at radius 2 is 2.03 bits per heavy atom. The van der Waals surface area contributed by atoms with E-state index in [0.29, 0.717) is 35.0 Å². The number of nitrogens with one attached hydrogen (secondary N) is 4. The molecular weight excluding hydrogens is 442 g/mol. The first-order valence-corrected chi connectivity index (χ1v) is 11.6. The highest BCUT2D eigenvalue weighted by molar-refractivity contribution is 6.35. The number of nitrogens with zero attached hydrogens (tertiary/aromatic N) is 1. The van der Waals surface area contributed by atoms with Crippen LogP contribution in [0.2, 0.25) is 5.02 Å². The zero-order valence-electron chi connectivity index (χ0n) is 18.7. The minimum atomic E-state index is -0.812. The minimum Gasteiger partial charge on any atom is -0.351 e. The number of benzene rings is 1. The molecular formula is C24H28ClN5O3. The lowest BCUT2D eigenvalue weighted by Gasteiger charge is -2.21. The van der Waals surface area contributed by atoms with Gasteiger partial charge in [-0.1, -0.05) is 36.6 Å². The summed E-state index contributed by atoms with van der Waals surface area (Å²) in [5.74, 6) is -0.880. The van der Waals surface area contributed by atoms with Gasteiger partial charge in [-0.25, -0.2) is 0 Å². The summed E-state index contributed by atoms with van der Waals surface area (Å²) >= 11 is 6.19. The van der Waals surface area contributed by atoms with Crippen LogP contribution in [0.3, 0.4) is 0 Å². The molecule has 0 spiro atoms. The fraction of sp³-hybridized carbons (Fsp3) is 0.500. The van der Waals surface area contributed by atoms with E-state index in [0.717, 1.165) is 18.2 Å². The summed E-state index contributed by atoms with van der Waals surface area (Å²) in [6.07, 6.45) is 3.38. The summed E-state index contributed by atoms with van der Waals surface area (Å²) in [7, 11) is 0. The highest BCUT2D eigenvalue weighted by Crippen LogP contribution is 2.34. The standard InChI is InChI=1S/C24H28ClN5O3/c1-24(2)11-15(21(31)30-24)9-16(12-26)27-22(32)18(8-13-6-7-13)29-23(33)19-10-14-4-3-5-17(25)20(14)28-19/h3-5,10,13,15-16,18,28H,6-9,11H2,1-2H3,(H,27,32)(H,29,33)(H,30,31)/t15-,16+,18+/m1/s1. The van der Waals surface area contributed by atoms with Gasteiger partial charge < -0.3 is 20.9 Å². The van der Waals surface area contributed by atoms with Gasteiger partial charge in [-0.15, -0.1) is 0 Å². The van der Waals surface area contributed by atoms with E-state index in [-0.39, 0.29) is 23.8 Å². The first-order valence-electron chi connectivity index (χ1n) is 11.3. The van der Waals surface area contributed by atoms with Crippen LogP contribution in [-0.4, -0.2) is 40.3 Å². The first kappa shape index (κ1) is 23.1. The molecule has 2 heterocycles. The van der Waals surface area contributed by atoms with Gasteiger partial charge in [-0.05, 0) is 51.2 Å². The molecule has 1 aliphatic heterocycles. The van der Waals surface area contributed by atoms with Crippen molar-refractivity contribution in [3.05, 3.63) is 35.0 Å². The number of amides is 3. The zero-order chi connectivity index (χ0) is 23.8. The van der Waals surface area contributed by atoms with Crippen molar-refractivity contribution in [1.82, 2.24) is 20.9 Å². The van der Waals surface area contributed by atoms with Gasteiger partial charge in [0.15, 0.2) is 0 Å². The number of nitriles is 1. The SMILES string of the molecule is CC1(C)C[C@@H](C[C@@H](C#N)NC(=O)[C@H](CC2CC2)NC(=O)c2cc3cccc(Cl)c3[nH]2)C(=O)N1. The van der Waals surface area contributed by atoms with E-state index in [1.165, 1.54) is 0 Å². The van der Waals surface area contributed by atoms with Crippen LogP contribution in [0.15, 0.2) is 24.3 Å². The number of aromatic nitrogens is 1. The molecule has 8 nitrogen and oxygen atoms in total. The summed E-state index contributed by atoms with van der Waals surface area (Å²) in [5, 5.41) is 19.4. The van der Waals surface area contributed by atoms with E-state index in [9.17, 15) is 19.6 Å². The molecule has 2 aromatic rings. The molecule has 4 rings (SSSR count). The molecule has 1 aromatic carbocycles. The highest BCUT2D eigenvalue weighted by Gasteiger charge is 2.39. The highest BCUT2D eigenvalue weighted by atomic mass is 35.5. The Labute approximate surface area is 197 Å². The Kier molecular flexibility index (Phi) is 6.35. The lowest BCUT2D eigenvalue weighted by atomic mass is 9.92. The topological polar surface area (TPSA) is 127 Å². The van der Waals surface area contributed by atoms with Crippen molar-refractivity contribution >= 4 is 40.2 Å². The van der Waals surface area contributed by atoms with Gasteiger partial charge in [0.2, 0.25) is 11.8 Å². The van der Waals surface area contributed by atoms with Crippen molar-refractivity contribution in [2.24, 2.45) is 11.8 Å². The Hall–Kier alpha value is -3.05. The van der Waals surface area contributed by atoms with E-state index in [1.807, 2.05) is 19.9 Å². The predicted molar refractivity (Wildman–Crippen MR) is 124 cm³/mol.